The summed E-state index contributed by atoms with van der Waals surface area (Å²) in [4.78, 5) is 16.3. The van der Waals surface area contributed by atoms with E-state index in [1.807, 2.05) is 35.8 Å². The second-order valence-corrected chi connectivity index (χ2v) is 6.63. The molecule has 0 radical (unpaired) electrons. The molecule has 0 spiro atoms. The van der Waals surface area contributed by atoms with Gasteiger partial charge >= 0.3 is 5.97 Å². The normalized spacial score (nSPS) is 11.2. The third kappa shape index (κ3) is 3.20. The fraction of sp³-hybridized carbons (Fsp3) is 0.238. The predicted molar refractivity (Wildman–Crippen MR) is 101 cm³/mol. The maximum atomic E-state index is 11.8. The molecule has 0 saturated carbocycles. The Balaban J connectivity index is 2.25. The van der Waals surface area contributed by atoms with E-state index in [0.29, 0.717) is 12.5 Å². The van der Waals surface area contributed by atoms with E-state index in [2.05, 4.69) is 31.5 Å². The Kier molecular flexibility index (Phi) is 4.45. The summed E-state index contributed by atoms with van der Waals surface area (Å²) in [6.07, 6.45) is 1.69. The van der Waals surface area contributed by atoms with Gasteiger partial charge in [0, 0.05) is 5.39 Å². The van der Waals surface area contributed by atoms with E-state index in [4.69, 9.17) is 0 Å². The molecule has 0 fully saturated rings. The fourth-order valence-electron chi connectivity index (χ4n) is 3.25. The van der Waals surface area contributed by atoms with Crippen LogP contribution in [0.15, 0.2) is 43.0 Å². The number of aromatic nitrogens is 2. The number of aromatic carboxylic acids is 1. The number of benzene rings is 1. The monoisotopic (exact) mass is 334 g/mol. The van der Waals surface area contributed by atoms with Crippen molar-refractivity contribution in [1.29, 1.82) is 0 Å². The van der Waals surface area contributed by atoms with Crippen molar-refractivity contribution in [2.75, 3.05) is 0 Å². The first kappa shape index (κ1) is 17.0. The van der Waals surface area contributed by atoms with Gasteiger partial charge in [0.05, 0.1) is 23.4 Å². The van der Waals surface area contributed by atoms with Crippen LogP contribution in [0.1, 0.15) is 52.8 Å². The topological polar surface area (TPSA) is 55.1 Å². The van der Waals surface area contributed by atoms with Crippen LogP contribution in [0.3, 0.4) is 0 Å². The molecule has 0 amide bonds. The molecule has 0 bridgehead atoms. The molecular formula is C21H22N2O2. The average Bonchev–Trinajstić information content (AvgIpc) is 2.92. The number of nitrogens with zero attached hydrogens (tertiary/aromatic N) is 2. The summed E-state index contributed by atoms with van der Waals surface area (Å²) in [6, 6.07) is 11.6. The van der Waals surface area contributed by atoms with Crippen molar-refractivity contribution in [3.63, 3.8) is 0 Å². The first-order valence-corrected chi connectivity index (χ1v) is 8.36. The van der Waals surface area contributed by atoms with Crippen LogP contribution < -0.4 is 0 Å². The van der Waals surface area contributed by atoms with Gasteiger partial charge < -0.3 is 9.67 Å². The highest BCUT2D eigenvalue weighted by molar-refractivity contribution is 5.96. The SMILES string of the molecule is C=Cc1cccc(Cn2c(C(=O)O)cc3cc(C)cc(C(C)C)c32)n1. The molecule has 2 aromatic heterocycles. The molecule has 1 aromatic carbocycles. The Labute approximate surface area is 147 Å². The van der Waals surface area contributed by atoms with Crippen LogP contribution in [0, 0.1) is 6.92 Å². The fourth-order valence-corrected chi connectivity index (χ4v) is 3.25. The smallest absolute Gasteiger partial charge is 0.352 e. The maximum absolute atomic E-state index is 11.8. The van der Waals surface area contributed by atoms with Gasteiger partial charge in [0.2, 0.25) is 0 Å². The number of carbonyl (C=O) groups is 1. The number of aryl methyl sites for hydroxylation is 1. The standard InChI is InChI=1S/C21H22N2O2/c1-5-16-7-6-8-17(22-16)12-23-19(21(24)25)11-15-9-14(4)10-18(13(2)3)20(15)23/h5-11,13H,1,12H2,2-4H3,(H,24,25). The van der Waals surface area contributed by atoms with Crippen LogP contribution in [0.4, 0.5) is 0 Å². The molecule has 0 saturated heterocycles. The lowest BCUT2D eigenvalue weighted by Gasteiger charge is -2.15. The highest BCUT2D eigenvalue weighted by Gasteiger charge is 2.19. The molecule has 0 aliphatic heterocycles. The first-order chi connectivity index (χ1) is 11.9. The molecule has 4 heteroatoms. The number of carboxylic acid groups (broad SMARTS) is 1. The highest BCUT2D eigenvalue weighted by Crippen LogP contribution is 2.30. The van der Waals surface area contributed by atoms with Crippen molar-refractivity contribution >= 4 is 22.9 Å². The summed E-state index contributed by atoms with van der Waals surface area (Å²) >= 11 is 0. The lowest BCUT2D eigenvalue weighted by molar-refractivity contribution is 0.0686. The summed E-state index contributed by atoms with van der Waals surface area (Å²) < 4.78 is 1.86. The van der Waals surface area contributed by atoms with E-state index in [-0.39, 0.29) is 5.69 Å². The van der Waals surface area contributed by atoms with Crippen LogP contribution in [0.2, 0.25) is 0 Å². The van der Waals surface area contributed by atoms with Crippen molar-refractivity contribution in [2.45, 2.75) is 33.2 Å². The van der Waals surface area contributed by atoms with Gasteiger partial charge in [-0.05, 0) is 48.7 Å². The van der Waals surface area contributed by atoms with Crippen molar-refractivity contribution in [3.8, 4) is 0 Å². The summed E-state index contributed by atoms with van der Waals surface area (Å²) in [7, 11) is 0. The van der Waals surface area contributed by atoms with Gasteiger partial charge in [-0.2, -0.15) is 0 Å². The van der Waals surface area contributed by atoms with Gasteiger partial charge in [-0.3, -0.25) is 4.98 Å². The number of hydrogen-bond acceptors (Lipinski definition) is 2. The molecule has 2 heterocycles. The third-order valence-corrected chi connectivity index (χ3v) is 4.36. The van der Waals surface area contributed by atoms with Gasteiger partial charge in [-0.25, -0.2) is 4.79 Å². The minimum Gasteiger partial charge on any atom is -0.477 e. The quantitative estimate of drug-likeness (QED) is 0.725. The van der Waals surface area contributed by atoms with Crippen LogP contribution >= 0.6 is 0 Å². The Bertz CT molecular complexity index is 967. The van der Waals surface area contributed by atoms with Crippen molar-refractivity contribution in [1.82, 2.24) is 9.55 Å². The van der Waals surface area contributed by atoms with Gasteiger partial charge in [-0.15, -0.1) is 0 Å². The van der Waals surface area contributed by atoms with E-state index in [1.165, 1.54) is 0 Å². The molecule has 3 rings (SSSR count). The molecule has 1 N–H and O–H groups in total. The Morgan fingerprint density at radius 2 is 2.08 bits per heavy atom. The molecule has 128 valence electrons. The molecular weight excluding hydrogens is 312 g/mol. The molecule has 0 aliphatic carbocycles. The van der Waals surface area contributed by atoms with Gasteiger partial charge in [-0.1, -0.05) is 38.1 Å². The van der Waals surface area contributed by atoms with Gasteiger partial charge in [0.15, 0.2) is 0 Å². The maximum Gasteiger partial charge on any atom is 0.352 e. The Hall–Kier alpha value is -2.88. The first-order valence-electron chi connectivity index (χ1n) is 8.36. The number of pyridine rings is 1. The second-order valence-electron chi connectivity index (χ2n) is 6.63. The third-order valence-electron chi connectivity index (χ3n) is 4.36. The zero-order valence-electron chi connectivity index (χ0n) is 14.8. The molecule has 25 heavy (non-hydrogen) atoms. The van der Waals surface area contributed by atoms with Gasteiger partial charge in [0.1, 0.15) is 5.69 Å². The van der Waals surface area contributed by atoms with E-state index >= 15 is 0 Å². The summed E-state index contributed by atoms with van der Waals surface area (Å²) in [6.45, 7) is 10.5. The summed E-state index contributed by atoms with van der Waals surface area (Å²) in [5, 5.41) is 10.6. The Morgan fingerprint density at radius 3 is 2.72 bits per heavy atom. The van der Waals surface area contributed by atoms with E-state index in [0.717, 1.165) is 33.4 Å². The lowest BCUT2D eigenvalue weighted by atomic mass is 9.98. The van der Waals surface area contributed by atoms with Crippen LogP contribution in [0.5, 0.6) is 0 Å². The zero-order valence-corrected chi connectivity index (χ0v) is 14.8. The van der Waals surface area contributed by atoms with Crippen molar-refractivity contribution in [2.24, 2.45) is 0 Å². The van der Waals surface area contributed by atoms with Crippen molar-refractivity contribution in [3.05, 3.63) is 71.2 Å². The van der Waals surface area contributed by atoms with Gasteiger partial charge in [0.25, 0.3) is 0 Å². The van der Waals surface area contributed by atoms with E-state index < -0.39 is 5.97 Å². The Morgan fingerprint density at radius 1 is 1.32 bits per heavy atom. The van der Waals surface area contributed by atoms with Crippen LogP contribution in [0.25, 0.3) is 17.0 Å². The number of carboxylic acids is 1. The zero-order chi connectivity index (χ0) is 18.1. The molecule has 0 unspecified atom stereocenters. The largest absolute Gasteiger partial charge is 0.477 e. The summed E-state index contributed by atoms with van der Waals surface area (Å²) in [5.74, 6) is -0.631. The predicted octanol–water partition coefficient (Wildman–Crippen LogP) is 4.86. The van der Waals surface area contributed by atoms with Crippen LogP contribution in [-0.2, 0) is 6.54 Å². The second kappa shape index (κ2) is 6.55. The number of rotatable bonds is 5. The van der Waals surface area contributed by atoms with Crippen LogP contribution in [-0.4, -0.2) is 20.6 Å². The van der Waals surface area contributed by atoms with E-state index in [9.17, 15) is 9.90 Å². The minimum atomic E-state index is -0.927. The lowest BCUT2D eigenvalue weighted by Crippen LogP contribution is -2.11. The molecule has 0 atom stereocenters. The van der Waals surface area contributed by atoms with Crippen molar-refractivity contribution < 1.29 is 9.90 Å². The molecule has 0 aliphatic rings. The molecule has 4 nitrogen and oxygen atoms in total. The average molecular weight is 334 g/mol. The summed E-state index contributed by atoms with van der Waals surface area (Å²) in [5.41, 5.74) is 5.15. The highest BCUT2D eigenvalue weighted by atomic mass is 16.4. The molecule has 3 aromatic rings. The number of hydrogen-bond donors (Lipinski definition) is 1. The van der Waals surface area contributed by atoms with E-state index in [1.54, 1.807) is 12.1 Å². The minimum absolute atomic E-state index is 0.285. The number of fused-ring (bicyclic) bond motifs is 1.